The van der Waals surface area contributed by atoms with Crippen LogP contribution in [0.1, 0.15) is 25.5 Å². The monoisotopic (exact) mass is 249 g/mol. The number of anilines is 1. The van der Waals surface area contributed by atoms with E-state index in [0.717, 1.165) is 5.69 Å². The molecule has 0 atom stereocenters. The highest BCUT2D eigenvalue weighted by Crippen LogP contribution is 2.14. The van der Waals surface area contributed by atoms with E-state index in [2.05, 4.69) is 39.3 Å². The molecule has 0 spiro atoms. The van der Waals surface area contributed by atoms with Crippen molar-refractivity contribution in [2.45, 2.75) is 19.8 Å². The molecule has 2 heterocycles. The van der Waals surface area contributed by atoms with E-state index < -0.39 is 0 Å². The lowest BCUT2D eigenvalue weighted by Gasteiger charge is -2.05. The van der Waals surface area contributed by atoms with Crippen LogP contribution in [0.15, 0.2) is 12.3 Å². The second-order valence-corrected chi connectivity index (χ2v) is 3.93. The standard InChI is InChI=1S/C10H15N7O/c1-6(2)7-4-5-17(16-7)9-12-8(15-11)13-10(14-9)18-3/h4-6H,11H2,1-3H3,(H,12,13,14,15). The van der Waals surface area contributed by atoms with Gasteiger partial charge in [-0.05, 0) is 12.0 Å². The number of aromatic nitrogens is 5. The normalized spacial score (nSPS) is 10.7. The summed E-state index contributed by atoms with van der Waals surface area (Å²) >= 11 is 0. The number of methoxy groups -OCH3 is 1. The average molecular weight is 249 g/mol. The second-order valence-electron chi connectivity index (χ2n) is 3.93. The molecule has 0 aliphatic carbocycles. The van der Waals surface area contributed by atoms with Crippen LogP contribution in [0.4, 0.5) is 5.95 Å². The van der Waals surface area contributed by atoms with Crippen LogP contribution in [0.3, 0.4) is 0 Å². The van der Waals surface area contributed by atoms with Gasteiger partial charge in [0.2, 0.25) is 5.95 Å². The van der Waals surface area contributed by atoms with E-state index in [0.29, 0.717) is 11.9 Å². The fourth-order valence-electron chi connectivity index (χ4n) is 1.36. The summed E-state index contributed by atoms with van der Waals surface area (Å²) in [5.74, 6) is 6.19. The predicted molar refractivity (Wildman–Crippen MR) is 65.4 cm³/mol. The molecule has 0 aromatic carbocycles. The molecule has 0 saturated heterocycles. The SMILES string of the molecule is COc1nc(NN)nc(-n2ccc(C(C)C)n2)n1. The lowest BCUT2D eigenvalue weighted by molar-refractivity contribution is 0.377. The zero-order chi connectivity index (χ0) is 13.1. The molecule has 0 amide bonds. The third-order valence-electron chi connectivity index (χ3n) is 2.32. The first-order valence-electron chi connectivity index (χ1n) is 5.46. The Morgan fingerprint density at radius 1 is 1.33 bits per heavy atom. The summed E-state index contributed by atoms with van der Waals surface area (Å²) in [6, 6.07) is 2.09. The topological polar surface area (TPSA) is 104 Å². The maximum absolute atomic E-state index is 5.29. The highest BCUT2D eigenvalue weighted by molar-refractivity contribution is 5.28. The number of nitrogens with zero attached hydrogens (tertiary/aromatic N) is 5. The Morgan fingerprint density at radius 3 is 2.67 bits per heavy atom. The van der Waals surface area contributed by atoms with Gasteiger partial charge in [0.15, 0.2) is 0 Å². The van der Waals surface area contributed by atoms with Crippen molar-refractivity contribution < 1.29 is 4.74 Å². The minimum Gasteiger partial charge on any atom is -0.467 e. The molecule has 8 heteroatoms. The van der Waals surface area contributed by atoms with Gasteiger partial charge in [0.25, 0.3) is 5.95 Å². The molecular formula is C10H15N7O. The van der Waals surface area contributed by atoms with E-state index in [1.807, 2.05) is 6.07 Å². The lowest BCUT2D eigenvalue weighted by atomic mass is 10.1. The van der Waals surface area contributed by atoms with Crippen molar-refractivity contribution in [2.75, 3.05) is 12.5 Å². The molecule has 0 radical (unpaired) electrons. The second kappa shape index (κ2) is 4.96. The first-order chi connectivity index (χ1) is 8.63. The lowest BCUT2D eigenvalue weighted by Crippen LogP contribution is -2.14. The molecule has 2 rings (SSSR count). The van der Waals surface area contributed by atoms with E-state index in [1.54, 1.807) is 10.9 Å². The number of nitrogens with two attached hydrogens (primary N) is 1. The van der Waals surface area contributed by atoms with Crippen molar-refractivity contribution in [3.63, 3.8) is 0 Å². The van der Waals surface area contributed by atoms with E-state index in [4.69, 9.17) is 10.6 Å². The number of nitrogens with one attached hydrogen (secondary N) is 1. The quantitative estimate of drug-likeness (QED) is 0.599. The van der Waals surface area contributed by atoms with Gasteiger partial charge in [0, 0.05) is 6.20 Å². The van der Waals surface area contributed by atoms with Crippen LogP contribution in [-0.2, 0) is 0 Å². The molecule has 0 unspecified atom stereocenters. The largest absolute Gasteiger partial charge is 0.467 e. The van der Waals surface area contributed by atoms with Gasteiger partial charge in [-0.1, -0.05) is 13.8 Å². The highest BCUT2D eigenvalue weighted by atomic mass is 16.5. The van der Waals surface area contributed by atoms with Crippen molar-refractivity contribution >= 4 is 5.95 Å². The average Bonchev–Trinajstić information content (AvgIpc) is 2.87. The number of hydrogen-bond donors (Lipinski definition) is 2. The maximum atomic E-state index is 5.29. The van der Waals surface area contributed by atoms with Crippen molar-refractivity contribution in [1.29, 1.82) is 0 Å². The minimum atomic E-state index is 0.176. The smallest absolute Gasteiger partial charge is 0.322 e. The zero-order valence-corrected chi connectivity index (χ0v) is 10.5. The van der Waals surface area contributed by atoms with Crippen LogP contribution in [0.25, 0.3) is 5.95 Å². The summed E-state index contributed by atoms with van der Waals surface area (Å²) in [4.78, 5) is 12.1. The molecule has 0 bridgehead atoms. The third kappa shape index (κ3) is 2.38. The molecule has 96 valence electrons. The van der Waals surface area contributed by atoms with Crippen LogP contribution >= 0.6 is 0 Å². The van der Waals surface area contributed by atoms with Crippen molar-refractivity contribution in [3.05, 3.63) is 18.0 Å². The maximum Gasteiger partial charge on any atom is 0.322 e. The number of ether oxygens (including phenoxy) is 1. The van der Waals surface area contributed by atoms with Crippen molar-refractivity contribution in [1.82, 2.24) is 24.7 Å². The zero-order valence-electron chi connectivity index (χ0n) is 10.5. The Labute approximate surface area is 104 Å². The third-order valence-corrected chi connectivity index (χ3v) is 2.32. The first kappa shape index (κ1) is 12.2. The first-order valence-corrected chi connectivity index (χ1v) is 5.46. The Kier molecular flexibility index (Phi) is 3.38. The molecule has 0 fully saturated rings. The Morgan fingerprint density at radius 2 is 2.11 bits per heavy atom. The van der Waals surface area contributed by atoms with E-state index >= 15 is 0 Å². The van der Waals surface area contributed by atoms with Gasteiger partial charge in [-0.25, -0.2) is 10.5 Å². The molecule has 18 heavy (non-hydrogen) atoms. The predicted octanol–water partition coefficient (Wildman–Crippen LogP) is 0.475. The Hall–Kier alpha value is -2.22. The molecule has 0 aliphatic heterocycles. The van der Waals surface area contributed by atoms with Gasteiger partial charge in [-0.15, -0.1) is 0 Å². The molecule has 8 nitrogen and oxygen atoms in total. The summed E-state index contributed by atoms with van der Waals surface area (Å²) in [7, 11) is 1.47. The van der Waals surface area contributed by atoms with Crippen molar-refractivity contribution in [3.8, 4) is 12.0 Å². The molecule has 0 aliphatic rings. The number of nitrogen functional groups attached to an aromatic ring is 1. The van der Waals surface area contributed by atoms with Crippen LogP contribution in [0.5, 0.6) is 6.01 Å². The summed E-state index contributed by atoms with van der Waals surface area (Å²) < 4.78 is 6.53. The van der Waals surface area contributed by atoms with Gasteiger partial charge < -0.3 is 4.74 Å². The van der Waals surface area contributed by atoms with E-state index in [9.17, 15) is 0 Å². The van der Waals surface area contributed by atoms with Gasteiger partial charge in [-0.2, -0.15) is 20.1 Å². The Balaban J connectivity index is 2.42. The van der Waals surface area contributed by atoms with Gasteiger partial charge in [0.1, 0.15) is 0 Å². The molecule has 2 aromatic rings. The molecular weight excluding hydrogens is 234 g/mol. The molecule has 0 saturated carbocycles. The summed E-state index contributed by atoms with van der Waals surface area (Å²) in [6.07, 6.45) is 1.78. The number of rotatable bonds is 4. The molecule has 3 N–H and O–H groups in total. The summed E-state index contributed by atoms with van der Waals surface area (Å²) in [5.41, 5.74) is 3.31. The van der Waals surface area contributed by atoms with Gasteiger partial charge in [-0.3, -0.25) is 5.43 Å². The number of hydrogen-bond acceptors (Lipinski definition) is 7. The van der Waals surface area contributed by atoms with Crippen LogP contribution in [0.2, 0.25) is 0 Å². The molecule has 2 aromatic heterocycles. The van der Waals surface area contributed by atoms with E-state index in [-0.39, 0.29) is 12.0 Å². The fourth-order valence-corrected chi connectivity index (χ4v) is 1.36. The fraction of sp³-hybridized carbons (Fsp3) is 0.400. The van der Waals surface area contributed by atoms with E-state index in [1.165, 1.54) is 7.11 Å². The highest BCUT2D eigenvalue weighted by Gasteiger charge is 2.10. The van der Waals surface area contributed by atoms with Gasteiger partial charge in [0.05, 0.1) is 12.8 Å². The van der Waals surface area contributed by atoms with Crippen LogP contribution in [-0.4, -0.2) is 31.8 Å². The van der Waals surface area contributed by atoms with Crippen LogP contribution in [0, 0.1) is 0 Å². The minimum absolute atomic E-state index is 0.176. The summed E-state index contributed by atoms with van der Waals surface area (Å²) in [5, 5.41) is 4.37. The number of hydrazine groups is 1. The van der Waals surface area contributed by atoms with Crippen LogP contribution < -0.4 is 16.0 Å². The van der Waals surface area contributed by atoms with Crippen molar-refractivity contribution in [2.24, 2.45) is 5.84 Å². The Bertz CT molecular complexity index is 515. The van der Waals surface area contributed by atoms with Gasteiger partial charge >= 0.3 is 6.01 Å². The summed E-state index contributed by atoms with van der Waals surface area (Å²) in [6.45, 7) is 4.13.